The zero-order valence-corrected chi connectivity index (χ0v) is 12.4. The first kappa shape index (κ1) is 15.7. The van der Waals surface area contributed by atoms with Gasteiger partial charge in [0.15, 0.2) is 0 Å². The van der Waals surface area contributed by atoms with Crippen molar-refractivity contribution in [2.24, 2.45) is 5.92 Å². The van der Waals surface area contributed by atoms with Gasteiger partial charge in [0, 0.05) is 18.2 Å². The third-order valence-electron chi connectivity index (χ3n) is 3.40. The molecule has 2 unspecified atom stereocenters. The van der Waals surface area contributed by atoms with Crippen molar-refractivity contribution in [2.75, 3.05) is 0 Å². The van der Waals surface area contributed by atoms with Gasteiger partial charge in [-0.15, -0.1) is 0 Å². The molecule has 9 heteroatoms. The van der Waals surface area contributed by atoms with E-state index in [9.17, 15) is 18.5 Å². The van der Waals surface area contributed by atoms with Gasteiger partial charge in [-0.2, -0.15) is 5.26 Å². The van der Waals surface area contributed by atoms with E-state index in [0.29, 0.717) is 12.8 Å². The van der Waals surface area contributed by atoms with Gasteiger partial charge in [-0.1, -0.05) is 18.0 Å². The highest BCUT2D eigenvalue weighted by Crippen LogP contribution is 2.29. The van der Waals surface area contributed by atoms with Gasteiger partial charge in [0.2, 0.25) is 10.0 Å². The Morgan fingerprint density at radius 3 is 2.71 bits per heavy atom. The van der Waals surface area contributed by atoms with Crippen molar-refractivity contribution < 1.29 is 13.3 Å². The lowest BCUT2D eigenvalue weighted by molar-refractivity contribution is -0.384. The highest BCUT2D eigenvalue weighted by molar-refractivity contribution is 7.89. The molecular weight excluding hydrogens is 318 g/mol. The molecule has 0 heterocycles. The minimum Gasteiger partial charge on any atom is -0.258 e. The molecular formula is C12H12ClN3O4S. The highest BCUT2D eigenvalue weighted by Gasteiger charge is 2.32. The molecule has 1 N–H and O–H groups in total. The van der Waals surface area contributed by atoms with Gasteiger partial charge in [-0.3, -0.25) is 10.1 Å². The van der Waals surface area contributed by atoms with Gasteiger partial charge in [-0.25, -0.2) is 13.1 Å². The number of benzene rings is 1. The Bertz CT molecular complexity index is 714. The highest BCUT2D eigenvalue weighted by atomic mass is 35.5. The molecule has 0 bridgehead atoms. The molecule has 0 saturated heterocycles. The summed E-state index contributed by atoms with van der Waals surface area (Å²) in [5, 5.41) is 19.4. The first-order chi connectivity index (χ1) is 9.85. The van der Waals surface area contributed by atoms with Gasteiger partial charge in [0.1, 0.15) is 4.90 Å². The van der Waals surface area contributed by atoms with Crippen LogP contribution in [0.4, 0.5) is 5.69 Å². The Balaban J connectivity index is 2.28. The zero-order chi connectivity index (χ0) is 15.6. The maximum atomic E-state index is 12.3. The summed E-state index contributed by atoms with van der Waals surface area (Å²) in [5.41, 5.74) is -0.283. The average Bonchev–Trinajstić information content (AvgIpc) is 2.84. The summed E-state index contributed by atoms with van der Waals surface area (Å²) in [6.45, 7) is 0. The van der Waals surface area contributed by atoms with E-state index in [-0.39, 0.29) is 21.5 Å². The van der Waals surface area contributed by atoms with Crippen molar-refractivity contribution in [1.82, 2.24) is 4.72 Å². The summed E-state index contributed by atoms with van der Waals surface area (Å²) in [6.07, 6.45) is 2.01. The van der Waals surface area contributed by atoms with Crippen LogP contribution < -0.4 is 4.72 Å². The van der Waals surface area contributed by atoms with Crippen LogP contribution in [0.5, 0.6) is 0 Å². The van der Waals surface area contributed by atoms with Crippen molar-refractivity contribution in [3.8, 4) is 6.07 Å². The van der Waals surface area contributed by atoms with E-state index in [2.05, 4.69) is 10.8 Å². The van der Waals surface area contributed by atoms with Crippen LogP contribution in [-0.4, -0.2) is 19.4 Å². The average molecular weight is 330 g/mol. The predicted octanol–water partition coefficient (Wildman–Crippen LogP) is 2.22. The van der Waals surface area contributed by atoms with Gasteiger partial charge in [-0.05, 0) is 18.9 Å². The number of nitro groups is 1. The SMILES string of the molecule is N#CC1CCCC1NS(=O)(=O)c1ccc([N+](=O)[O-])cc1Cl. The first-order valence-electron chi connectivity index (χ1n) is 6.21. The third-order valence-corrected chi connectivity index (χ3v) is 5.38. The van der Waals surface area contributed by atoms with E-state index >= 15 is 0 Å². The van der Waals surface area contributed by atoms with Gasteiger partial charge >= 0.3 is 0 Å². The fraction of sp³-hybridized carbons (Fsp3) is 0.417. The van der Waals surface area contributed by atoms with Crippen molar-refractivity contribution >= 4 is 27.3 Å². The second-order valence-electron chi connectivity index (χ2n) is 4.77. The topological polar surface area (TPSA) is 113 Å². The molecule has 1 aliphatic rings. The van der Waals surface area contributed by atoms with Crippen molar-refractivity contribution in [3.63, 3.8) is 0 Å². The van der Waals surface area contributed by atoms with Crippen LogP contribution in [0, 0.1) is 27.4 Å². The Kier molecular flexibility index (Phi) is 4.46. The Morgan fingerprint density at radius 1 is 1.43 bits per heavy atom. The maximum absolute atomic E-state index is 12.3. The quantitative estimate of drug-likeness (QED) is 0.672. The molecule has 1 aromatic rings. The number of hydrogen-bond acceptors (Lipinski definition) is 5. The van der Waals surface area contributed by atoms with Crippen LogP contribution in [-0.2, 0) is 10.0 Å². The lowest BCUT2D eigenvalue weighted by Gasteiger charge is -2.16. The maximum Gasteiger partial charge on any atom is 0.271 e. The summed E-state index contributed by atoms with van der Waals surface area (Å²) in [5.74, 6) is -0.364. The van der Waals surface area contributed by atoms with E-state index < -0.39 is 21.0 Å². The zero-order valence-electron chi connectivity index (χ0n) is 10.8. The van der Waals surface area contributed by atoms with Crippen LogP contribution in [0.15, 0.2) is 23.1 Å². The van der Waals surface area contributed by atoms with E-state index in [1.807, 2.05) is 0 Å². The summed E-state index contributed by atoms with van der Waals surface area (Å²) >= 11 is 5.83. The van der Waals surface area contributed by atoms with E-state index in [4.69, 9.17) is 16.9 Å². The fourth-order valence-electron chi connectivity index (χ4n) is 2.34. The van der Waals surface area contributed by atoms with Crippen molar-refractivity contribution in [2.45, 2.75) is 30.2 Å². The molecule has 1 saturated carbocycles. The first-order valence-corrected chi connectivity index (χ1v) is 8.07. The van der Waals surface area contributed by atoms with Crippen LogP contribution in [0.1, 0.15) is 19.3 Å². The standard InChI is InChI=1S/C12H12ClN3O4S/c13-10-6-9(16(17)18)4-5-12(10)21(19,20)15-11-3-1-2-8(11)7-14/h4-6,8,11,15H,1-3H2. The number of non-ortho nitro benzene ring substituents is 1. The van der Waals surface area contributed by atoms with Crippen molar-refractivity contribution in [1.29, 1.82) is 5.26 Å². The molecule has 2 atom stereocenters. The number of halogens is 1. The fourth-order valence-corrected chi connectivity index (χ4v) is 4.19. The summed E-state index contributed by atoms with van der Waals surface area (Å²) < 4.78 is 27.0. The van der Waals surface area contributed by atoms with Gasteiger partial charge in [0.05, 0.1) is 21.9 Å². The largest absolute Gasteiger partial charge is 0.271 e. The third kappa shape index (κ3) is 3.32. The lowest BCUT2D eigenvalue weighted by Crippen LogP contribution is -2.37. The minimum absolute atomic E-state index is 0.219. The Hall–Kier alpha value is -1.69. The van der Waals surface area contributed by atoms with Crippen LogP contribution in [0.25, 0.3) is 0 Å². The summed E-state index contributed by atoms with van der Waals surface area (Å²) in [7, 11) is -3.92. The predicted molar refractivity (Wildman–Crippen MR) is 75.2 cm³/mol. The summed E-state index contributed by atoms with van der Waals surface area (Å²) in [6, 6.07) is 4.79. The number of rotatable bonds is 4. The molecule has 112 valence electrons. The molecule has 0 radical (unpaired) electrons. The summed E-state index contributed by atoms with van der Waals surface area (Å²) in [4.78, 5) is 9.74. The molecule has 0 amide bonds. The molecule has 0 aliphatic heterocycles. The molecule has 0 aromatic heterocycles. The van der Waals surface area contributed by atoms with Crippen molar-refractivity contribution in [3.05, 3.63) is 33.3 Å². The van der Waals surface area contributed by atoms with Crippen LogP contribution >= 0.6 is 11.6 Å². The molecule has 1 aliphatic carbocycles. The lowest BCUT2D eigenvalue weighted by atomic mass is 10.1. The Labute approximate surface area is 126 Å². The number of nitrogens with one attached hydrogen (secondary N) is 1. The van der Waals surface area contributed by atoms with E-state index in [1.165, 1.54) is 0 Å². The van der Waals surface area contributed by atoms with E-state index in [0.717, 1.165) is 24.6 Å². The molecule has 2 rings (SSSR count). The number of nitrogens with zero attached hydrogens (tertiary/aromatic N) is 2. The molecule has 1 aromatic carbocycles. The monoisotopic (exact) mass is 329 g/mol. The minimum atomic E-state index is -3.92. The molecule has 1 fully saturated rings. The van der Waals surface area contributed by atoms with Gasteiger partial charge < -0.3 is 0 Å². The second kappa shape index (κ2) is 5.97. The molecule has 21 heavy (non-hydrogen) atoms. The second-order valence-corrected chi connectivity index (χ2v) is 6.86. The number of hydrogen-bond donors (Lipinski definition) is 1. The van der Waals surface area contributed by atoms with Gasteiger partial charge in [0.25, 0.3) is 5.69 Å². The number of nitro benzene ring substituents is 1. The van der Waals surface area contributed by atoms with Crippen LogP contribution in [0.3, 0.4) is 0 Å². The van der Waals surface area contributed by atoms with E-state index in [1.54, 1.807) is 0 Å². The number of nitriles is 1. The number of sulfonamides is 1. The molecule has 0 spiro atoms. The Morgan fingerprint density at radius 2 is 2.14 bits per heavy atom. The van der Waals surface area contributed by atoms with Crippen LogP contribution in [0.2, 0.25) is 5.02 Å². The normalized spacial score (nSPS) is 21.9. The smallest absolute Gasteiger partial charge is 0.258 e. The molecule has 7 nitrogen and oxygen atoms in total.